The van der Waals surface area contributed by atoms with Crippen LogP contribution in [0.25, 0.3) is 10.6 Å². The van der Waals surface area contributed by atoms with Crippen LogP contribution < -0.4 is 10.9 Å². The van der Waals surface area contributed by atoms with E-state index >= 15 is 0 Å². The molecule has 150 valence electrons. The maximum atomic E-state index is 12.2. The summed E-state index contributed by atoms with van der Waals surface area (Å²) in [7, 11) is 0. The van der Waals surface area contributed by atoms with Crippen molar-refractivity contribution in [2.24, 2.45) is 0 Å². The highest BCUT2D eigenvalue weighted by Crippen LogP contribution is 2.29. The summed E-state index contributed by atoms with van der Waals surface area (Å²) in [6.07, 6.45) is 1.57. The summed E-state index contributed by atoms with van der Waals surface area (Å²) >= 11 is 3.34. The Hall–Kier alpha value is -2.76. The van der Waals surface area contributed by atoms with Gasteiger partial charge in [-0.3, -0.25) is 9.59 Å². The number of aromatic nitrogens is 2. The van der Waals surface area contributed by atoms with Gasteiger partial charge in [0.2, 0.25) is 5.91 Å². The van der Waals surface area contributed by atoms with E-state index in [0.717, 1.165) is 27.6 Å². The van der Waals surface area contributed by atoms with Crippen molar-refractivity contribution in [3.05, 3.63) is 60.1 Å². The lowest BCUT2D eigenvalue weighted by molar-refractivity contribution is -0.121. The number of amides is 1. The van der Waals surface area contributed by atoms with Gasteiger partial charge in [-0.2, -0.15) is 5.26 Å². The summed E-state index contributed by atoms with van der Waals surface area (Å²) in [6, 6.07) is 6.09. The third-order valence-electron chi connectivity index (χ3n) is 4.75. The number of nitrogens with zero attached hydrogens (tertiary/aromatic N) is 2. The third kappa shape index (κ3) is 5.00. The molecule has 3 aromatic heterocycles. The molecule has 0 spiro atoms. The molecule has 2 N–H and O–H groups in total. The molecule has 0 radical (unpaired) electrons. The molecule has 0 aliphatic carbocycles. The van der Waals surface area contributed by atoms with E-state index in [-0.39, 0.29) is 17.0 Å². The molecule has 0 aliphatic rings. The Kier molecular flexibility index (Phi) is 6.62. The molecule has 6 nitrogen and oxygen atoms in total. The number of nitriles is 1. The Morgan fingerprint density at radius 3 is 2.76 bits per heavy atom. The Labute approximate surface area is 177 Å². The minimum atomic E-state index is -0.376. The van der Waals surface area contributed by atoms with Crippen LogP contribution in [0.4, 0.5) is 0 Å². The Morgan fingerprint density at radius 2 is 2.07 bits per heavy atom. The van der Waals surface area contributed by atoms with Crippen LogP contribution in [0.3, 0.4) is 0 Å². The number of hydrogen-bond acceptors (Lipinski definition) is 6. The van der Waals surface area contributed by atoms with Crippen LogP contribution >= 0.6 is 22.7 Å². The standard InChI is InChI=1S/C21H22N4O2S2/c1-12-16(13(2)24-21(27)17(12)10-22)5-7-20(26)23-9-8-15-4-6-19(29-15)18-11-28-14(3)25-18/h4,6,11H,5,7-9H2,1-3H3,(H,23,26)(H,24,27). The summed E-state index contributed by atoms with van der Waals surface area (Å²) < 4.78 is 0. The molecule has 0 bridgehead atoms. The summed E-state index contributed by atoms with van der Waals surface area (Å²) in [5, 5.41) is 15.2. The zero-order valence-corrected chi connectivity index (χ0v) is 18.2. The van der Waals surface area contributed by atoms with Gasteiger partial charge in [-0.05, 0) is 56.9 Å². The van der Waals surface area contributed by atoms with Crippen molar-refractivity contribution in [3.63, 3.8) is 0 Å². The summed E-state index contributed by atoms with van der Waals surface area (Å²) in [6.45, 7) is 6.12. The van der Waals surface area contributed by atoms with Crippen molar-refractivity contribution in [3.8, 4) is 16.6 Å². The minimum absolute atomic E-state index is 0.0413. The summed E-state index contributed by atoms with van der Waals surface area (Å²) in [5.74, 6) is -0.0413. The van der Waals surface area contributed by atoms with Gasteiger partial charge >= 0.3 is 0 Å². The first kappa shape index (κ1) is 21.0. The number of rotatable bonds is 7. The molecular weight excluding hydrogens is 404 g/mol. The second-order valence-electron chi connectivity index (χ2n) is 6.79. The first-order chi connectivity index (χ1) is 13.9. The quantitative estimate of drug-likeness (QED) is 0.602. The van der Waals surface area contributed by atoms with Crippen molar-refractivity contribution in [1.82, 2.24) is 15.3 Å². The predicted octanol–water partition coefficient (Wildman–Crippen LogP) is 3.65. The van der Waals surface area contributed by atoms with E-state index in [1.54, 1.807) is 36.5 Å². The average Bonchev–Trinajstić information content (AvgIpc) is 3.30. The van der Waals surface area contributed by atoms with Crippen molar-refractivity contribution in [1.29, 1.82) is 5.26 Å². The minimum Gasteiger partial charge on any atom is -0.356 e. The molecule has 0 saturated carbocycles. The monoisotopic (exact) mass is 426 g/mol. The van der Waals surface area contributed by atoms with Gasteiger partial charge in [-0.15, -0.1) is 22.7 Å². The van der Waals surface area contributed by atoms with E-state index in [1.165, 1.54) is 4.88 Å². The van der Waals surface area contributed by atoms with Gasteiger partial charge in [-0.1, -0.05) is 0 Å². The lowest BCUT2D eigenvalue weighted by Gasteiger charge is -2.11. The number of H-pyrrole nitrogens is 1. The van der Waals surface area contributed by atoms with Gasteiger partial charge in [0.15, 0.2) is 0 Å². The summed E-state index contributed by atoms with van der Waals surface area (Å²) in [5.41, 5.74) is 2.98. The number of aryl methyl sites for hydroxylation is 2. The smallest absolute Gasteiger partial charge is 0.266 e. The number of hydrogen-bond donors (Lipinski definition) is 2. The fraction of sp³-hybridized carbons (Fsp3) is 0.333. The molecular formula is C21H22N4O2S2. The molecule has 3 heterocycles. The van der Waals surface area contributed by atoms with Crippen LogP contribution in [0.5, 0.6) is 0 Å². The van der Waals surface area contributed by atoms with Crippen LogP contribution in [0.2, 0.25) is 0 Å². The molecule has 1 amide bonds. The Balaban J connectivity index is 1.51. The van der Waals surface area contributed by atoms with Crippen LogP contribution in [-0.4, -0.2) is 22.4 Å². The number of thiazole rings is 1. The molecule has 0 fully saturated rings. The maximum Gasteiger partial charge on any atom is 0.266 e. The second kappa shape index (κ2) is 9.16. The van der Waals surface area contributed by atoms with E-state index < -0.39 is 0 Å². The third-order valence-corrected chi connectivity index (χ3v) is 6.69. The predicted molar refractivity (Wildman–Crippen MR) is 116 cm³/mol. The molecule has 0 atom stereocenters. The average molecular weight is 427 g/mol. The van der Waals surface area contributed by atoms with E-state index in [0.29, 0.717) is 30.6 Å². The normalized spacial score (nSPS) is 10.7. The van der Waals surface area contributed by atoms with Gasteiger partial charge in [-0.25, -0.2) is 4.98 Å². The molecule has 0 unspecified atom stereocenters. The first-order valence-electron chi connectivity index (χ1n) is 9.29. The molecule has 0 saturated heterocycles. The number of carbonyl (C=O) groups is 1. The largest absolute Gasteiger partial charge is 0.356 e. The van der Waals surface area contributed by atoms with Crippen molar-refractivity contribution in [2.45, 2.75) is 40.0 Å². The Morgan fingerprint density at radius 1 is 1.28 bits per heavy atom. The highest BCUT2D eigenvalue weighted by molar-refractivity contribution is 7.16. The highest BCUT2D eigenvalue weighted by atomic mass is 32.1. The number of pyridine rings is 1. The highest BCUT2D eigenvalue weighted by Gasteiger charge is 2.13. The second-order valence-corrected chi connectivity index (χ2v) is 9.02. The van der Waals surface area contributed by atoms with Crippen molar-refractivity contribution >= 4 is 28.6 Å². The van der Waals surface area contributed by atoms with E-state index in [1.807, 2.05) is 13.0 Å². The fourth-order valence-electron chi connectivity index (χ4n) is 3.20. The molecule has 8 heteroatoms. The van der Waals surface area contributed by atoms with Crippen LogP contribution in [0.1, 0.15) is 38.7 Å². The molecule has 29 heavy (non-hydrogen) atoms. The van der Waals surface area contributed by atoms with Gasteiger partial charge in [0.1, 0.15) is 11.6 Å². The maximum absolute atomic E-state index is 12.2. The SMILES string of the molecule is Cc1nc(-c2ccc(CCNC(=O)CCc3c(C)[nH]c(=O)c(C#N)c3C)s2)cs1. The first-order valence-corrected chi connectivity index (χ1v) is 11.0. The topological polar surface area (TPSA) is 98.6 Å². The van der Waals surface area contributed by atoms with Gasteiger partial charge < -0.3 is 10.3 Å². The zero-order valence-electron chi connectivity index (χ0n) is 16.6. The Bertz CT molecular complexity index is 1130. The number of nitrogens with one attached hydrogen (secondary N) is 2. The zero-order chi connectivity index (χ0) is 21.0. The van der Waals surface area contributed by atoms with E-state index in [9.17, 15) is 9.59 Å². The number of carbonyl (C=O) groups excluding carboxylic acids is 1. The molecule has 3 rings (SSSR count). The molecule has 3 aromatic rings. The van der Waals surface area contributed by atoms with Crippen molar-refractivity contribution < 1.29 is 4.79 Å². The van der Waals surface area contributed by atoms with Crippen LogP contribution in [-0.2, 0) is 17.6 Å². The number of aromatic amines is 1. The lowest BCUT2D eigenvalue weighted by Crippen LogP contribution is -2.26. The van der Waals surface area contributed by atoms with Gasteiger partial charge in [0.25, 0.3) is 5.56 Å². The fourth-order valence-corrected chi connectivity index (χ4v) is 4.85. The summed E-state index contributed by atoms with van der Waals surface area (Å²) in [4.78, 5) is 33.6. The number of thiophene rings is 1. The van der Waals surface area contributed by atoms with Crippen molar-refractivity contribution in [2.75, 3.05) is 6.54 Å². The van der Waals surface area contributed by atoms with Gasteiger partial charge in [0, 0.05) is 28.9 Å². The van der Waals surface area contributed by atoms with Crippen LogP contribution in [0.15, 0.2) is 22.3 Å². The van der Waals surface area contributed by atoms with E-state index in [2.05, 4.69) is 32.8 Å². The van der Waals surface area contributed by atoms with E-state index in [4.69, 9.17) is 5.26 Å². The molecule has 0 aliphatic heterocycles. The van der Waals surface area contributed by atoms with Gasteiger partial charge in [0.05, 0.1) is 15.6 Å². The lowest BCUT2D eigenvalue weighted by atomic mass is 9.99. The molecule has 0 aromatic carbocycles. The van der Waals surface area contributed by atoms with Crippen LogP contribution in [0, 0.1) is 32.1 Å².